The summed E-state index contributed by atoms with van der Waals surface area (Å²) in [6.45, 7) is 2.08. The predicted octanol–water partition coefficient (Wildman–Crippen LogP) is 0.335. The smallest absolute Gasteiger partial charge is 0.312 e. The quantitative estimate of drug-likeness (QED) is 0.472. The molecule has 3 fully saturated rings. The van der Waals surface area contributed by atoms with Gasteiger partial charge >= 0.3 is 5.97 Å². The zero-order chi connectivity index (χ0) is 7.59. The molecule has 0 aromatic rings. The molecule has 11 heavy (non-hydrogen) atoms. The number of ether oxygens (including phenoxy) is 2. The Labute approximate surface area is 64.7 Å². The molecule has 0 aromatic heterocycles. The first-order valence-electron chi connectivity index (χ1n) is 4.13. The lowest BCUT2D eigenvalue weighted by molar-refractivity contribution is -0.144. The molecule has 2 bridgehead atoms. The van der Waals surface area contributed by atoms with Crippen LogP contribution >= 0.6 is 0 Å². The van der Waals surface area contributed by atoms with Crippen LogP contribution in [0.2, 0.25) is 0 Å². The van der Waals surface area contributed by atoms with Crippen molar-refractivity contribution in [3.63, 3.8) is 0 Å². The number of carbonyl (C=O) groups excluding carboxylic acids is 1. The third-order valence-electron chi connectivity index (χ3n) is 3.21. The summed E-state index contributed by atoms with van der Waals surface area (Å²) in [5.74, 6) is 0.400. The van der Waals surface area contributed by atoms with Crippen LogP contribution in [-0.2, 0) is 14.3 Å². The Balaban J connectivity index is 2.05. The van der Waals surface area contributed by atoms with Crippen molar-refractivity contribution in [2.45, 2.75) is 31.7 Å². The van der Waals surface area contributed by atoms with E-state index in [-0.39, 0.29) is 24.1 Å². The first kappa shape index (κ1) is 6.00. The summed E-state index contributed by atoms with van der Waals surface area (Å²) in [6.07, 6.45) is 1.41. The third-order valence-corrected chi connectivity index (χ3v) is 3.21. The van der Waals surface area contributed by atoms with Crippen molar-refractivity contribution in [3.8, 4) is 0 Å². The van der Waals surface area contributed by atoms with E-state index in [2.05, 4.69) is 6.92 Å². The number of hydrogen-bond donors (Lipinski definition) is 0. The van der Waals surface area contributed by atoms with Crippen molar-refractivity contribution < 1.29 is 14.3 Å². The zero-order valence-electron chi connectivity index (χ0n) is 6.32. The van der Waals surface area contributed by atoms with Gasteiger partial charge in [0.15, 0.2) is 0 Å². The Morgan fingerprint density at radius 2 is 2.27 bits per heavy atom. The molecule has 0 N–H and O–H groups in total. The molecule has 0 radical (unpaired) electrons. The average molecular weight is 154 g/mol. The normalized spacial score (nSPS) is 58.6. The lowest BCUT2D eigenvalue weighted by atomic mass is 9.81. The first-order valence-corrected chi connectivity index (χ1v) is 4.13. The molecular formula is C8H10O3. The van der Waals surface area contributed by atoms with Crippen molar-refractivity contribution in [3.05, 3.63) is 0 Å². The van der Waals surface area contributed by atoms with E-state index in [4.69, 9.17) is 9.47 Å². The maximum absolute atomic E-state index is 11.2. The van der Waals surface area contributed by atoms with Gasteiger partial charge in [-0.15, -0.1) is 0 Å². The fourth-order valence-electron chi connectivity index (χ4n) is 2.58. The molecule has 3 saturated heterocycles. The van der Waals surface area contributed by atoms with E-state index in [1.165, 1.54) is 0 Å². The minimum Gasteiger partial charge on any atom is -0.459 e. The van der Waals surface area contributed by atoms with Gasteiger partial charge in [0, 0.05) is 6.42 Å². The molecule has 3 aliphatic heterocycles. The lowest BCUT2D eigenvalue weighted by Gasteiger charge is -2.15. The van der Waals surface area contributed by atoms with E-state index in [0.717, 1.165) is 6.42 Å². The Bertz CT molecular complexity index is 223. The van der Waals surface area contributed by atoms with Crippen molar-refractivity contribution >= 4 is 5.97 Å². The van der Waals surface area contributed by atoms with Gasteiger partial charge in [0.1, 0.15) is 12.2 Å². The Hall–Kier alpha value is -0.570. The first-order chi connectivity index (χ1) is 5.27. The minimum atomic E-state index is -0.0347. The second-order valence-electron chi connectivity index (χ2n) is 3.74. The highest BCUT2D eigenvalue weighted by molar-refractivity contribution is 5.77. The van der Waals surface area contributed by atoms with E-state index < -0.39 is 0 Å². The lowest BCUT2D eigenvalue weighted by Crippen LogP contribution is -2.29. The van der Waals surface area contributed by atoms with Crippen LogP contribution in [-0.4, -0.2) is 24.3 Å². The molecule has 60 valence electrons. The van der Waals surface area contributed by atoms with E-state index >= 15 is 0 Å². The largest absolute Gasteiger partial charge is 0.459 e. The zero-order valence-corrected chi connectivity index (χ0v) is 6.32. The van der Waals surface area contributed by atoms with Gasteiger partial charge in [-0.25, -0.2) is 0 Å². The summed E-state index contributed by atoms with van der Waals surface area (Å²) in [4.78, 5) is 11.2. The summed E-state index contributed by atoms with van der Waals surface area (Å²) < 4.78 is 10.7. The van der Waals surface area contributed by atoms with Crippen molar-refractivity contribution in [2.75, 3.05) is 0 Å². The molecule has 3 heteroatoms. The van der Waals surface area contributed by atoms with Crippen molar-refractivity contribution in [2.24, 2.45) is 11.8 Å². The number of hydrogen-bond acceptors (Lipinski definition) is 3. The molecule has 3 rings (SSSR count). The van der Waals surface area contributed by atoms with Crippen LogP contribution in [0, 0.1) is 11.8 Å². The van der Waals surface area contributed by atoms with Gasteiger partial charge < -0.3 is 9.47 Å². The van der Waals surface area contributed by atoms with Crippen LogP contribution in [0.4, 0.5) is 0 Å². The van der Waals surface area contributed by atoms with Crippen molar-refractivity contribution in [1.82, 2.24) is 0 Å². The number of carbonyl (C=O) groups is 1. The van der Waals surface area contributed by atoms with Gasteiger partial charge in [0.05, 0.1) is 12.0 Å². The molecule has 5 atom stereocenters. The molecule has 0 aromatic carbocycles. The van der Waals surface area contributed by atoms with Gasteiger partial charge in [-0.3, -0.25) is 4.79 Å². The maximum Gasteiger partial charge on any atom is 0.312 e. The van der Waals surface area contributed by atoms with Gasteiger partial charge in [-0.2, -0.15) is 0 Å². The van der Waals surface area contributed by atoms with E-state index in [0.29, 0.717) is 12.0 Å². The molecule has 3 aliphatic rings. The van der Waals surface area contributed by atoms with Crippen LogP contribution in [0.5, 0.6) is 0 Å². The summed E-state index contributed by atoms with van der Waals surface area (Å²) >= 11 is 0. The highest BCUT2D eigenvalue weighted by atomic mass is 16.6. The second kappa shape index (κ2) is 1.61. The molecule has 0 aliphatic carbocycles. The van der Waals surface area contributed by atoms with Gasteiger partial charge in [0.25, 0.3) is 0 Å². The fraction of sp³-hybridized carbons (Fsp3) is 0.875. The van der Waals surface area contributed by atoms with E-state index in [9.17, 15) is 4.79 Å². The van der Waals surface area contributed by atoms with E-state index in [1.54, 1.807) is 0 Å². The van der Waals surface area contributed by atoms with Gasteiger partial charge in [-0.1, -0.05) is 6.92 Å². The van der Waals surface area contributed by atoms with E-state index in [1.807, 2.05) is 0 Å². The SMILES string of the molecule is CC1C2CC3OC(=O)C1C3O2. The third kappa shape index (κ3) is 0.527. The molecular weight excluding hydrogens is 144 g/mol. The van der Waals surface area contributed by atoms with Gasteiger partial charge in [0.2, 0.25) is 0 Å². The summed E-state index contributed by atoms with van der Waals surface area (Å²) in [6, 6.07) is 0. The Morgan fingerprint density at radius 1 is 1.45 bits per heavy atom. The number of esters is 1. The highest BCUT2D eigenvalue weighted by Crippen LogP contribution is 2.49. The number of fused-ring (bicyclic) bond motifs is 1. The summed E-state index contributed by atoms with van der Waals surface area (Å²) in [5, 5.41) is 0. The highest BCUT2D eigenvalue weighted by Gasteiger charge is 2.61. The molecule has 3 heterocycles. The second-order valence-corrected chi connectivity index (χ2v) is 3.74. The van der Waals surface area contributed by atoms with Crippen molar-refractivity contribution in [1.29, 1.82) is 0 Å². The topological polar surface area (TPSA) is 35.5 Å². The minimum absolute atomic E-state index is 0.0347. The Kier molecular flexibility index (Phi) is 0.876. The standard InChI is InChI=1S/C8H10O3/c1-3-4-2-5-7(10-4)6(3)8(9)11-5/h3-7H,2H2,1H3. The van der Waals surface area contributed by atoms with Crippen LogP contribution in [0.3, 0.4) is 0 Å². The molecule has 5 unspecified atom stereocenters. The molecule has 0 saturated carbocycles. The molecule has 0 spiro atoms. The monoisotopic (exact) mass is 154 g/mol. The van der Waals surface area contributed by atoms with Gasteiger partial charge in [-0.05, 0) is 5.92 Å². The van der Waals surface area contributed by atoms with Crippen LogP contribution in [0.15, 0.2) is 0 Å². The maximum atomic E-state index is 11.2. The van der Waals surface area contributed by atoms with Crippen LogP contribution in [0.25, 0.3) is 0 Å². The summed E-state index contributed by atoms with van der Waals surface area (Å²) in [7, 11) is 0. The predicted molar refractivity (Wildman–Crippen MR) is 35.8 cm³/mol. The summed E-state index contributed by atoms with van der Waals surface area (Å²) in [5.41, 5.74) is 0. The van der Waals surface area contributed by atoms with Crippen LogP contribution in [0.1, 0.15) is 13.3 Å². The molecule has 3 nitrogen and oxygen atoms in total. The Morgan fingerprint density at radius 3 is 2.91 bits per heavy atom. The van der Waals surface area contributed by atoms with Crippen LogP contribution < -0.4 is 0 Å². The number of rotatable bonds is 0. The fourth-order valence-corrected chi connectivity index (χ4v) is 2.58. The molecule has 0 amide bonds. The average Bonchev–Trinajstić information content (AvgIpc) is 2.47.